The standard InChI is InChI=1S/C19H27NO6S/c1-20(18(21)14-7-9-15(10-8-14)19(22)23)11-4-12-26-16-5-3-6-17(13-16)27(2,24)25/h3,5-6,13-15H,4,7-12H2,1-2H3,(H,22,23). The molecule has 7 nitrogen and oxygen atoms in total. The van der Waals surface area contributed by atoms with Crippen molar-refractivity contribution in [3.05, 3.63) is 24.3 Å². The Morgan fingerprint density at radius 2 is 1.81 bits per heavy atom. The van der Waals surface area contributed by atoms with Gasteiger partial charge in [0, 0.05) is 25.8 Å². The number of aliphatic carboxylic acids is 1. The first-order valence-corrected chi connectivity index (χ1v) is 11.0. The average molecular weight is 397 g/mol. The van der Waals surface area contributed by atoms with Crippen molar-refractivity contribution < 1.29 is 27.9 Å². The van der Waals surface area contributed by atoms with Gasteiger partial charge in [-0.25, -0.2) is 8.42 Å². The van der Waals surface area contributed by atoms with Crippen LogP contribution in [0.15, 0.2) is 29.2 Å². The van der Waals surface area contributed by atoms with Crippen LogP contribution in [0.2, 0.25) is 0 Å². The third kappa shape index (κ3) is 6.23. The molecule has 0 unspecified atom stereocenters. The zero-order valence-corrected chi connectivity index (χ0v) is 16.6. The van der Waals surface area contributed by atoms with Gasteiger partial charge in [-0.2, -0.15) is 0 Å². The number of carbonyl (C=O) groups is 2. The van der Waals surface area contributed by atoms with Crippen molar-refractivity contribution in [2.24, 2.45) is 11.8 Å². The summed E-state index contributed by atoms with van der Waals surface area (Å²) in [6.07, 6.45) is 4.12. The highest BCUT2D eigenvalue weighted by molar-refractivity contribution is 7.90. The summed E-state index contributed by atoms with van der Waals surface area (Å²) in [5.41, 5.74) is 0. The van der Waals surface area contributed by atoms with Crippen LogP contribution in [0.25, 0.3) is 0 Å². The fraction of sp³-hybridized carbons (Fsp3) is 0.579. The van der Waals surface area contributed by atoms with Gasteiger partial charge in [0.15, 0.2) is 9.84 Å². The Balaban J connectivity index is 1.74. The lowest BCUT2D eigenvalue weighted by atomic mass is 9.81. The lowest BCUT2D eigenvalue weighted by molar-refractivity contribution is -0.145. The van der Waals surface area contributed by atoms with Crippen LogP contribution in [0.4, 0.5) is 0 Å². The molecule has 1 saturated carbocycles. The predicted molar refractivity (Wildman–Crippen MR) is 100 cm³/mol. The molecule has 2 rings (SSSR count). The first-order valence-electron chi connectivity index (χ1n) is 9.09. The van der Waals surface area contributed by atoms with E-state index >= 15 is 0 Å². The summed E-state index contributed by atoms with van der Waals surface area (Å²) in [5.74, 6) is -0.656. The van der Waals surface area contributed by atoms with Crippen LogP contribution in [-0.2, 0) is 19.4 Å². The summed E-state index contributed by atoms with van der Waals surface area (Å²) < 4.78 is 28.7. The largest absolute Gasteiger partial charge is 0.493 e. The molecule has 150 valence electrons. The monoisotopic (exact) mass is 397 g/mol. The SMILES string of the molecule is CN(CCCOc1cccc(S(C)(=O)=O)c1)C(=O)C1CCC(C(=O)O)CC1. The Morgan fingerprint density at radius 3 is 2.41 bits per heavy atom. The van der Waals surface area contributed by atoms with Gasteiger partial charge in [0.1, 0.15) is 5.75 Å². The fourth-order valence-electron chi connectivity index (χ4n) is 3.30. The molecule has 1 amide bonds. The van der Waals surface area contributed by atoms with Crippen molar-refractivity contribution in [1.29, 1.82) is 0 Å². The molecule has 1 fully saturated rings. The number of amides is 1. The highest BCUT2D eigenvalue weighted by Gasteiger charge is 2.30. The van der Waals surface area contributed by atoms with E-state index in [1.165, 1.54) is 12.1 Å². The molecular weight excluding hydrogens is 370 g/mol. The molecule has 1 aliphatic rings. The Kier molecular flexibility index (Phi) is 7.24. The summed E-state index contributed by atoms with van der Waals surface area (Å²) in [5, 5.41) is 9.03. The molecular formula is C19H27NO6S. The smallest absolute Gasteiger partial charge is 0.306 e. The van der Waals surface area contributed by atoms with Gasteiger partial charge in [-0.15, -0.1) is 0 Å². The van der Waals surface area contributed by atoms with Crippen molar-refractivity contribution in [2.45, 2.75) is 37.0 Å². The molecule has 0 saturated heterocycles. The van der Waals surface area contributed by atoms with E-state index in [4.69, 9.17) is 9.84 Å². The molecule has 0 atom stereocenters. The summed E-state index contributed by atoms with van der Waals surface area (Å²) >= 11 is 0. The molecule has 0 aromatic heterocycles. The Bertz CT molecular complexity index is 768. The Morgan fingerprint density at radius 1 is 1.19 bits per heavy atom. The third-order valence-electron chi connectivity index (χ3n) is 4.94. The third-order valence-corrected chi connectivity index (χ3v) is 6.05. The second-order valence-electron chi connectivity index (χ2n) is 7.10. The van der Waals surface area contributed by atoms with E-state index in [2.05, 4.69) is 0 Å². The van der Waals surface area contributed by atoms with E-state index in [9.17, 15) is 18.0 Å². The highest BCUT2D eigenvalue weighted by atomic mass is 32.2. The zero-order valence-electron chi connectivity index (χ0n) is 15.8. The van der Waals surface area contributed by atoms with Crippen LogP contribution < -0.4 is 4.74 Å². The quantitative estimate of drug-likeness (QED) is 0.675. The maximum absolute atomic E-state index is 12.5. The van der Waals surface area contributed by atoms with Gasteiger partial charge in [-0.05, 0) is 50.3 Å². The first kappa shape index (κ1) is 21.2. The molecule has 8 heteroatoms. The van der Waals surface area contributed by atoms with Crippen LogP contribution in [0, 0.1) is 11.8 Å². The molecule has 1 aromatic rings. The number of hydrogen-bond acceptors (Lipinski definition) is 5. The van der Waals surface area contributed by atoms with E-state index in [1.807, 2.05) is 0 Å². The number of carboxylic acids is 1. The molecule has 1 aliphatic carbocycles. The van der Waals surface area contributed by atoms with Gasteiger partial charge in [0.05, 0.1) is 17.4 Å². The molecule has 0 bridgehead atoms. The Labute approximate surface area is 160 Å². The van der Waals surface area contributed by atoms with Crippen LogP contribution in [0.5, 0.6) is 5.75 Å². The number of sulfone groups is 1. The lowest BCUT2D eigenvalue weighted by Crippen LogP contribution is -2.36. The summed E-state index contributed by atoms with van der Waals surface area (Å²) in [6.45, 7) is 0.903. The fourth-order valence-corrected chi connectivity index (χ4v) is 3.95. The number of hydrogen-bond donors (Lipinski definition) is 1. The van der Waals surface area contributed by atoms with Crippen molar-refractivity contribution in [3.63, 3.8) is 0 Å². The number of benzene rings is 1. The summed E-state index contributed by atoms with van der Waals surface area (Å²) in [7, 11) is -1.53. The molecule has 0 spiro atoms. The van der Waals surface area contributed by atoms with E-state index in [1.54, 1.807) is 24.1 Å². The van der Waals surface area contributed by atoms with Gasteiger partial charge in [-0.3, -0.25) is 9.59 Å². The van der Waals surface area contributed by atoms with Gasteiger partial charge in [0.2, 0.25) is 5.91 Å². The van der Waals surface area contributed by atoms with Crippen molar-refractivity contribution in [1.82, 2.24) is 4.90 Å². The first-order chi connectivity index (χ1) is 12.7. The Hall–Kier alpha value is -2.09. The maximum atomic E-state index is 12.5. The molecule has 0 aliphatic heterocycles. The predicted octanol–water partition coefficient (Wildman–Crippen LogP) is 2.21. The number of carbonyl (C=O) groups excluding carboxylic acids is 1. The topological polar surface area (TPSA) is 101 Å². The van der Waals surface area contributed by atoms with E-state index in [0.717, 1.165) is 6.26 Å². The minimum Gasteiger partial charge on any atom is -0.493 e. The highest BCUT2D eigenvalue weighted by Crippen LogP contribution is 2.30. The molecule has 0 radical (unpaired) electrons. The summed E-state index contributed by atoms with van der Waals surface area (Å²) in [6, 6.07) is 6.35. The van der Waals surface area contributed by atoms with Crippen LogP contribution in [0.1, 0.15) is 32.1 Å². The van der Waals surface area contributed by atoms with E-state index in [-0.39, 0.29) is 22.6 Å². The molecule has 1 N–H and O–H groups in total. The van der Waals surface area contributed by atoms with Gasteiger partial charge >= 0.3 is 5.97 Å². The van der Waals surface area contributed by atoms with Crippen molar-refractivity contribution >= 4 is 21.7 Å². The molecule has 1 aromatic carbocycles. The second-order valence-corrected chi connectivity index (χ2v) is 9.11. The van der Waals surface area contributed by atoms with E-state index in [0.29, 0.717) is 51.0 Å². The van der Waals surface area contributed by atoms with Gasteiger partial charge in [0.25, 0.3) is 0 Å². The van der Waals surface area contributed by atoms with Gasteiger partial charge in [-0.1, -0.05) is 6.07 Å². The molecule has 27 heavy (non-hydrogen) atoms. The maximum Gasteiger partial charge on any atom is 0.306 e. The van der Waals surface area contributed by atoms with Crippen molar-refractivity contribution in [3.8, 4) is 5.75 Å². The average Bonchev–Trinajstić information content (AvgIpc) is 2.64. The van der Waals surface area contributed by atoms with Crippen LogP contribution in [0.3, 0.4) is 0 Å². The van der Waals surface area contributed by atoms with E-state index < -0.39 is 15.8 Å². The number of nitrogens with zero attached hydrogens (tertiary/aromatic N) is 1. The van der Waals surface area contributed by atoms with Crippen molar-refractivity contribution in [2.75, 3.05) is 26.5 Å². The summed E-state index contributed by atoms with van der Waals surface area (Å²) in [4.78, 5) is 25.3. The van der Waals surface area contributed by atoms with Crippen LogP contribution in [-0.4, -0.2) is 56.8 Å². The number of carboxylic acid groups (broad SMARTS) is 1. The number of rotatable bonds is 8. The van der Waals surface area contributed by atoms with Gasteiger partial charge < -0.3 is 14.7 Å². The number of ether oxygens (including phenoxy) is 1. The minimum atomic E-state index is -3.27. The minimum absolute atomic E-state index is 0.0536. The lowest BCUT2D eigenvalue weighted by Gasteiger charge is -2.29. The second kappa shape index (κ2) is 9.21. The zero-order chi connectivity index (χ0) is 20.0. The van der Waals surface area contributed by atoms with Crippen LogP contribution >= 0.6 is 0 Å². The molecule has 0 heterocycles. The normalized spacial score (nSPS) is 20.1.